The van der Waals surface area contributed by atoms with Crippen molar-refractivity contribution in [2.24, 2.45) is 0 Å². The summed E-state index contributed by atoms with van der Waals surface area (Å²) < 4.78 is 13.0. The lowest BCUT2D eigenvalue weighted by Crippen LogP contribution is -2.49. The van der Waals surface area contributed by atoms with Crippen LogP contribution in [0.5, 0.6) is 0 Å². The lowest BCUT2D eigenvalue weighted by atomic mass is 10.2. The van der Waals surface area contributed by atoms with Crippen LogP contribution in [0.2, 0.25) is 0 Å². The van der Waals surface area contributed by atoms with Gasteiger partial charge in [0.15, 0.2) is 5.11 Å². The molecule has 3 rings (SSSR count). The molecule has 2 aromatic rings. The zero-order valence-corrected chi connectivity index (χ0v) is 15.4. The van der Waals surface area contributed by atoms with Crippen molar-refractivity contribution in [2.45, 2.75) is 20.4 Å². The number of hydrogen-bond acceptors (Lipinski definition) is 3. The van der Waals surface area contributed by atoms with E-state index >= 15 is 0 Å². The summed E-state index contributed by atoms with van der Waals surface area (Å²) in [6.07, 6.45) is 0. The highest BCUT2D eigenvalue weighted by Crippen LogP contribution is 2.13. The third-order valence-corrected chi connectivity index (χ3v) is 4.67. The van der Waals surface area contributed by atoms with Crippen LogP contribution in [0.3, 0.4) is 0 Å². The van der Waals surface area contributed by atoms with Crippen molar-refractivity contribution in [2.75, 3.05) is 31.5 Å². The van der Waals surface area contributed by atoms with Gasteiger partial charge < -0.3 is 10.2 Å². The molecule has 1 aromatic heterocycles. The second-order valence-corrected chi connectivity index (χ2v) is 6.88. The number of nitrogens with zero attached hydrogens (tertiary/aromatic N) is 3. The maximum absolute atomic E-state index is 13.0. The van der Waals surface area contributed by atoms with Gasteiger partial charge in [-0.05, 0) is 61.5 Å². The highest BCUT2D eigenvalue weighted by Gasteiger charge is 2.19. The van der Waals surface area contributed by atoms with Crippen LogP contribution in [0.1, 0.15) is 16.8 Å². The van der Waals surface area contributed by atoms with E-state index in [4.69, 9.17) is 12.2 Å². The van der Waals surface area contributed by atoms with Crippen molar-refractivity contribution in [1.82, 2.24) is 14.8 Å². The van der Waals surface area contributed by atoms with Crippen LogP contribution >= 0.6 is 12.2 Å². The van der Waals surface area contributed by atoms with E-state index in [1.807, 2.05) is 31.2 Å². The van der Waals surface area contributed by atoms with Gasteiger partial charge in [-0.15, -0.1) is 0 Å². The second-order valence-electron chi connectivity index (χ2n) is 6.49. The number of pyridine rings is 1. The summed E-state index contributed by atoms with van der Waals surface area (Å²) in [5.74, 6) is 0.612. The van der Waals surface area contributed by atoms with E-state index in [1.165, 1.54) is 17.7 Å². The Labute approximate surface area is 153 Å². The lowest BCUT2D eigenvalue weighted by Gasteiger charge is -2.36. The van der Waals surface area contributed by atoms with Gasteiger partial charge in [0.1, 0.15) is 11.6 Å². The van der Waals surface area contributed by atoms with Gasteiger partial charge >= 0.3 is 0 Å². The average Bonchev–Trinajstić information content (AvgIpc) is 2.56. The fourth-order valence-corrected chi connectivity index (χ4v) is 3.34. The Morgan fingerprint density at radius 1 is 1.12 bits per heavy atom. The Hall–Kier alpha value is -2.05. The molecule has 0 unspecified atom stereocenters. The number of piperazine rings is 1. The standard InChI is InChI=1S/C19H23FN4S/c1-14-11-15(2)21-18(12-14)22-19(25)24-9-7-23(8-10-24)13-16-3-5-17(20)6-4-16/h3-6,11-12H,7-10,13H2,1-2H3,(H,21,22,25). The summed E-state index contributed by atoms with van der Waals surface area (Å²) in [5, 5.41) is 3.97. The number of benzene rings is 1. The topological polar surface area (TPSA) is 31.4 Å². The SMILES string of the molecule is Cc1cc(C)nc(NC(=S)N2CCN(Cc3ccc(F)cc3)CC2)c1. The number of thiocarbonyl (C=S) groups is 1. The fourth-order valence-electron chi connectivity index (χ4n) is 3.05. The van der Waals surface area contributed by atoms with Gasteiger partial charge in [0.25, 0.3) is 0 Å². The smallest absolute Gasteiger partial charge is 0.174 e. The third kappa shape index (κ3) is 4.96. The van der Waals surface area contributed by atoms with Crippen LogP contribution in [0, 0.1) is 19.7 Å². The molecule has 0 amide bonds. The van der Waals surface area contributed by atoms with Gasteiger partial charge in [0, 0.05) is 38.4 Å². The minimum absolute atomic E-state index is 0.190. The van der Waals surface area contributed by atoms with Gasteiger partial charge in [0.2, 0.25) is 0 Å². The molecule has 1 fully saturated rings. The first-order valence-electron chi connectivity index (χ1n) is 8.47. The molecule has 0 radical (unpaired) electrons. The predicted octanol–water partition coefficient (Wildman–Crippen LogP) is 3.35. The maximum Gasteiger partial charge on any atom is 0.174 e. The molecule has 1 N–H and O–H groups in total. The van der Waals surface area contributed by atoms with Gasteiger partial charge in [-0.1, -0.05) is 12.1 Å². The number of halogens is 1. The van der Waals surface area contributed by atoms with Gasteiger partial charge in [-0.25, -0.2) is 9.37 Å². The first-order valence-corrected chi connectivity index (χ1v) is 8.88. The van der Waals surface area contributed by atoms with Gasteiger partial charge in [-0.3, -0.25) is 4.90 Å². The maximum atomic E-state index is 13.0. The van der Waals surface area contributed by atoms with Crippen LogP contribution < -0.4 is 5.32 Å². The number of aromatic nitrogens is 1. The van der Waals surface area contributed by atoms with E-state index in [1.54, 1.807) is 0 Å². The summed E-state index contributed by atoms with van der Waals surface area (Å²) in [6, 6.07) is 10.8. The highest BCUT2D eigenvalue weighted by molar-refractivity contribution is 7.80. The molecule has 0 bridgehead atoms. The molecule has 1 aliphatic heterocycles. The number of hydrogen-bond donors (Lipinski definition) is 1. The molecule has 0 spiro atoms. The quantitative estimate of drug-likeness (QED) is 0.851. The fraction of sp³-hybridized carbons (Fsp3) is 0.368. The second kappa shape index (κ2) is 7.89. The van der Waals surface area contributed by atoms with Crippen LogP contribution in [-0.2, 0) is 6.54 Å². The summed E-state index contributed by atoms with van der Waals surface area (Å²) in [7, 11) is 0. The van der Waals surface area contributed by atoms with Gasteiger partial charge in [0.05, 0.1) is 0 Å². The highest BCUT2D eigenvalue weighted by atomic mass is 32.1. The average molecular weight is 358 g/mol. The number of nitrogens with one attached hydrogen (secondary N) is 1. The molecule has 0 saturated carbocycles. The summed E-state index contributed by atoms with van der Waals surface area (Å²) in [6.45, 7) is 8.48. The van der Waals surface area contributed by atoms with E-state index in [9.17, 15) is 4.39 Å². The van der Waals surface area contributed by atoms with Crippen LogP contribution in [-0.4, -0.2) is 46.1 Å². The predicted molar refractivity (Wildman–Crippen MR) is 103 cm³/mol. The summed E-state index contributed by atoms with van der Waals surface area (Å²) in [5.41, 5.74) is 3.28. The van der Waals surface area contributed by atoms with Crippen molar-refractivity contribution in [1.29, 1.82) is 0 Å². The van der Waals surface area contributed by atoms with E-state index in [2.05, 4.69) is 27.0 Å². The molecule has 1 aliphatic rings. The van der Waals surface area contributed by atoms with Crippen molar-refractivity contribution in [3.05, 3.63) is 59.0 Å². The lowest BCUT2D eigenvalue weighted by molar-refractivity contribution is 0.177. The largest absolute Gasteiger partial charge is 0.346 e. The molecule has 2 heterocycles. The van der Waals surface area contributed by atoms with Crippen LogP contribution in [0.25, 0.3) is 0 Å². The van der Waals surface area contributed by atoms with Crippen LogP contribution in [0.15, 0.2) is 36.4 Å². The molecule has 0 atom stereocenters. The van der Waals surface area contributed by atoms with E-state index in [0.29, 0.717) is 0 Å². The molecule has 25 heavy (non-hydrogen) atoms. The Balaban J connectivity index is 1.51. The van der Waals surface area contributed by atoms with Crippen molar-refractivity contribution < 1.29 is 4.39 Å². The monoisotopic (exact) mass is 358 g/mol. The third-order valence-electron chi connectivity index (χ3n) is 4.31. The van der Waals surface area contributed by atoms with E-state index in [-0.39, 0.29) is 5.82 Å². The Bertz CT molecular complexity index is 719. The van der Waals surface area contributed by atoms with Crippen LogP contribution in [0.4, 0.5) is 10.2 Å². The Morgan fingerprint density at radius 3 is 2.44 bits per heavy atom. The first-order chi connectivity index (χ1) is 12.0. The first kappa shape index (κ1) is 17.8. The van der Waals surface area contributed by atoms with E-state index < -0.39 is 0 Å². The van der Waals surface area contributed by atoms with Crippen molar-refractivity contribution in [3.63, 3.8) is 0 Å². The molecule has 1 saturated heterocycles. The number of rotatable bonds is 3. The van der Waals surface area contributed by atoms with Crippen molar-refractivity contribution >= 4 is 23.1 Å². The zero-order chi connectivity index (χ0) is 17.8. The van der Waals surface area contributed by atoms with E-state index in [0.717, 1.165) is 54.9 Å². The zero-order valence-electron chi connectivity index (χ0n) is 14.6. The molecule has 0 aliphatic carbocycles. The summed E-state index contributed by atoms with van der Waals surface area (Å²) in [4.78, 5) is 9.02. The van der Waals surface area contributed by atoms with Gasteiger partial charge in [-0.2, -0.15) is 0 Å². The molecule has 132 valence electrons. The minimum atomic E-state index is -0.190. The molecule has 6 heteroatoms. The molecule has 4 nitrogen and oxygen atoms in total. The van der Waals surface area contributed by atoms with Crippen molar-refractivity contribution in [3.8, 4) is 0 Å². The molecular weight excluding hydrogens is 335 g/mol. The normalized spacial score (nSPS) is 15.2. The molecular formula is C19H23FN4S. The minimum Gasteiger partial charge on any atom is -0.346 e. The number of anilines is 1. The Morgan fingerprint density at radius 2 is 1.80 bits per heavy atom. The summed E-state index contributed by atoms with van der Waals surface area (Å²) >= 11 is 5.54. The Kier molecular flexibility index (Phi) is 5.60. The molecule has 1 aromatic carbocycles. The number of aryl methyl sites for hydroxylation is 2.